The Bertz CT molecular complexity index is 893. The van der Waals surface area contributed by atoms with Gasteiger partial charge in [0.05, 0.1) is 13.7 Å². The number of rotatable bonds is 8. The number of hydrogen-bond acceptors (Lipinski definition) is 5. The number of ether oxygens (including phenoxy) is 2. The van der Waals surface area contributed by atoms with E-state index in [1.807, 2.05) is 42.5 Å². The fourth-order valence-electron chi connectivity index (χ4n) is 2.71. The number of benzene rings is 2. The van der Waals surface area contributed by atoms with E-state index in [0.29, 0.717) is 25.7 Å². The molecule has 2 aromatic carbocycles. The van der Waals surface area contributed by atoms with Crippen molar-refractivity contribution in [3.63, 3.8) is 0 Å². The lowest BCUT2D eigenvalue weighted by atomic mass is 10.2. The van der Waals surface area contributed by atoms with Gasteiger partial charge in [0.15, 0.2) is 5.96 Å². The maximum atomic E-state index is 10.5. The molecule has 1 aromatic heterocycles. The first-order valence-electron chi connectivity index (χ1n) is 9.07. The maximum Gasteiger partial charge on any atom is 0.191 e. The summed E-state index contributed by atoms with van der Waals surface area (Å²) >= 11 is 1.61. The molecular weight excluding hydrogens is 374 g/mol. The van der Waals surface area contributed by atoms with Crippen LogP contribution in [-0.4, -0.2) is 44.9 Å². The van der Waals surface area contributed by atoms with Gasteiger partial charge in [-0.2, -0.15) is 0 Å². The highest BCUT2D eigenvalue weighted by Crippen LogP contribution is 2.29. The van der Waals surface area contributed by atoms with Gasteiger partial charge in [-0.1, -0.05) is 24.3 Å². The average Bonchev–Trinajstić information content (AvgIpc) is 3.17. The third-order valence-electron chi connectivity index (χ3n) is 4.16. The summed E-state index contributed by atoms with van der Waals surface area (Å²) in [6.45, 7) is 1.44. The summed E-state index contributed by atoms with van der Waals surface area (Å²) in [5, 5.41) is 17.9. The van der Waals surface area contributed by atoms with Crippen LogP contribution in [0.25, 0.3) is 10.1 Å². The lowest BCUT2D eigenvalue weighted by Crippen LogP contribution is -2.41. The van der Waals surface area contributed by atoms with Gasteiger partial charge in [-0.25, -0.2) is 0 Å². The number of nitrogens with zero attached hydrogens (tertiary/aromatic N) is 1. The van der Waals surface area contributed by atoms with Gasteiger partial charge < -0.3 is 25.2 Å². The van der Waals surface area contributed by atoms with Crippen molar-refractivity contribution in [3.05, 3.63) is 59.5 Å². The van der Waals surface area contributed by atoms with Crippen LogP contribution in [0.3, 0.4) is 0 Å². The van der Waals surface area contributed by atoms with Crippen LogP contribution in [0.1, 0.15) is 11.0 Å². The number of methoxy groups -OCH3 is 1. The highest BCUT2D eigenvalue weighted by atomic mass is 32.1. The van der Waals surface area contributed by atoms with Gasteiger partial charge in [-0.3, -0.25) is 4.99 Å². The standard InChI is InChI=1S/C21H25N3O3S/c1-22-21(23-10-11-27-17-8-5-7-16(13-17)26-2)24-14-18(25)20-12-15-6-3-4-9-19(15)28-20/h3-9,12-13,18,25H,10-11,14H2,1-2H3,(H2,22,23,24). The third-order valence-corrected chi connectivity index (χ3v) is 5.38. The van der Waals surface area contributed by atoms with Gasteiger partial charge in [-0.15, -0.1) is 11.3 Å². The normalized spacial score (nSPS) is 12.6. The lowest BCUT2D eigenvalue weighted by molar-refractivity contribution is 0.184. The molecule has 0 radical (unpaired) electrons. The van der Waals surface area contributed by atoms with Crippen molar-refractivity contribution in [2.24, 2.45) is 4.99 Å². The van der Waals surface area contributed by atoms with Gasteiger partial charge in [0.25, 0.3) is 0 Å². The zero-order chi connectivity index (χ0) is 19.8. The number of aliphatic imine (C=N–C) groups is 1. The Hall–Kier alpha value is -2.77. The minimum absolute atomic E-state index is 0.378. The fourth-order valence-corrected chi connectivity index (χ4v) is 3.76. The van der Waals surface area contributed by atoms with Crippen LogP contribution in [-0.2, 0) is 0 Å². The largest absolute Gasteiger partial charge is 0.497 e. The Kier molecular flexibility index (Phi) is 7.11. The molecule has 0 amide bonds. The molecule has 6 nitrogen and oxygen atoms in total. The highest BCUT2D eigenvalue weighted by Gasteiger charge is 2.12. The van der Waals surface area contributed by atoms with Gasteiger partial charge in [0.1, 0.15) is 24.2 Å². The molecule has 7 heteroatoms. The van der Waals surface area contributed by atoms with E-state index in [1.54, 1.807) is 25.5 Å². The van der Waals surface area contributed by atoms with E-state index in [2.05, 4.69) is 27.8 Å². The number of aliphatic hydroxyl groups excluding tert-OH is 1. The van der Waals surface area contributed by atoms with Crippen molar-refractivity contribution in [3.8, 4) is 11.5 Å². The Labute approximate surface area is 168 Å². The lowest BCUT2D eigenvalue weighted by Gasteiger charge is -2.15. The zero-order valence-corrected chi connectivity index (χ0v) is 16.8. The summed E-state index contributed by atoms with van der Waals surface area (Å²) in [4.78, 5) is 5.12. The zero-order valence-electron chi connectivity index (χ0n) is 16.0. The summed E-state index contributed by atoms with van der Waals surface area (Å²) in [7, 11) is 3.33. The molecule has 0 aliphatic carbocycles. The van der Waals surface area contributed by atoms with Crippen molar-refractivity contribution >= 4 is 27.4 Å². The average molecular weight is 400 g/mol. The Morgan fingerprint density at radius 3 is 2.71 bits per heavy atom. The molecule has 28 heavy (non-hydrogen) atoms. The molecule has 148 valence electrons. The number of nitrogens with one attached hydrogen (secondary N) is 2. The van der Waals surface area contributed by atoms with Crippen LogP contribution in [0, 0.1) is 0 Å². The topological polar surface area (TPSA) is 75.1 Å². The van der Waals surface area contributed by atoms with Crippen LogP contribution < -0.4 is 20.1 Å². The molecule has 1 heterocycles. The van der Waals surface area contributed by atoms with E-state index in [4.69, 9.17) is 9.47 Å². The minimum atomic E-state index is -0.594. The molecular formula is C21H25N3O3S. The number of guanidine groups is 1. The van der Waals surface area contributed by atoms with Crippen molar-refractivity contribution < 1.29 is 14.6 Å². The molecule has 1 unspecified atom stereocenters. The number of hydrogen-bond donors (Lipinski definition) is 3. The molecule has 0 spiro atoms. The van der Waals surface area contributed by atoms with Gasteiger partial charge >= 0.3 is 0 Å². The Morgan fingerprint density at radius 1 is 1.11 bits per heavy atom. The molecule has 1 atom stereocenters. The van der Waals surface area contributed by atoms with Crippen LogP contribution in [0.5, 0.6) is 11.5 Å². The van der Waals surface area contributed by atoms with Crippen molar-refractivity contribution in [1.82, 2.24) is 10.6 Å². The number of thiophene rings is 1. The maximum absolute atomic E-state index is 10.5. The smallest absolute Gasteiger partial charge is 0.191 e. The first kappa shape index (κ1) is 20.0. The second-order valence-electron chi connectivity index (χ2n) is 6.11. The van der Waals surface area contributed by atoms with Crippen molar-refractivity contribution in [2.45, 2.75) is 6.10 Å². The summed E-state index contributed by atoms with van der Waals surface area (Å²) in [6.07, 6.45) is -0.594. The van der Waals surface area contributed by atoms with Crippen molar-refractivity contribution in [1.29, 1.82) is 0 Å². The Balaban J connectivity index is 1.42. The predicted octanol–water partition coefficient (Wildman–Crippen LogP) is 3.19. The molecule has 0 aliphatic heterocycles. The molecule has 0 fully saturated rings. The van der Waals surface area contributed by atoms with E-state index in [-0.39, 0.29) is 0 Å². The monoisotopic (exact) mass is 399 g/mol. The van der Waals surface area contributed by atoms with Gasteiger partial charge in [0.2, 0.25) is 0 Å². The van der Waals surface area contributed by atoms with E-state index in [9.17, 15) is 5.11 Å². The molecule has 0 aliphatic rings. The molecule has 0 saturated heterocycles. The molecule has 0 bridgehead atoms. The second kappa shape index (κ2) is 9.96. The molecule has 3 N–H and O–H groups in total. The molecule has 3 aromatic rings. The molecule has 0 saturated carbocycles. The van der Waals surface area contributed by atoms with Crippen LogP contribution in [0.4, 0.5) is 0 Å². The quantitative estimate of drug-likeness (QED) is 0.308. The highest BCUT2D eigenvalue weighted by molar-refractivity contribution is 7.19. The molecule has 3 rings (SSSR count). The first-order valence-corrected chi connectivity index (χ1v) is 9.89. The van der Waals surface area contributed by atoms with E-state index >= 15 is 0 Å². The summed E-state index contributed by atoms with van der Waals surface area (Å²) < 4.78 is 12.1. The first-order chi connectivity index (χ1) is 13.7. The van der Waals surface area contributed by atoms with Gasteiger partial charge in [0, 0.05) is 29.2 Å². The van der Waals surface area contributed by atoms with E-state index in [0.717, 1.165) is 21.8 Å². The van der Waals surface area contributed by atoms with Crippen LogP contribution >= 0.6 is 11.3 Å². The second-order valence-corrected chi connectivity index (χ2v) is 7.23. The van der Waals surface area contributed by atoms with E-state index < -0.39 is 6.10 Å². The number of fused-ring (bicyclic) bond motifs is 1. The third kappa shape index (κ3) is 5.37. The summed E-state index contributed by atoms with van der Waals surface area (Å²) in [5.41, 5.74) is 0. The number of aliphatic hydroxyl groups is 1. The predicted molar refractivity (Wildman–Crippen MR) is 115 cm³/mol. The summed E-state index contributed by atoms with van der Waals surface area (Å²) in [5.74, 6) is 2.14. The van der Waals surface area contributed by atoms with Gasteiger partial charge in [-0.05, 0) is 29.7 Å². The van der Waals surface area contributed by atoms with Crippen molar-refractivity contribution in [2.75, 3.05) is 33.9 Å². The van der Waals surface area contributed by atoms with E-state index in [1.165, 1.54) is 4.70 Å². The SMILES string of the molecule is CN=C(NCCOc1cccc(OC)c1)NCC(O)c1cc2ccccc2s1. The Morgan fingerprint density at radius 2 is 1.93 bits per heavy atom. The fraction of sp³-hybridized carbons (Fsp3) is 0.286. The van der Waals surface area contributed by atoms with Crippen LogP contribution in [0.2, 0.25) is 0 Å². The summed E-state index contributed by atoms with van der Waals surface area (Å²) in [6, 6.07) is 17.6. The minimum Gasteiger partial charge on any atom is -0.497 e. The van der Waals surface area contributed by atoms with Crippen LogP contribution in [0.15, 0.2) is 59.6 Å².